The third kappa shape index (κ3) is 4.94. The van der Waals surface area contributed by atoms with Gasteiger partial charge in [-0.1, -0.05) is 12.1 Å². The fourth-order valence-corrected chi connectivity index (χ4v) is 2.33. The SMILES string of the molecule is CC(=O)c1ccc(NC(=O)c2ccc(NCc3ccc(F)cc3)nn2)cc1. The first-order valence-electron chi connectivity index (χ1n) is 8.25. The maximum atomic E-state index is 12.9. The van der Waals surface area contributed by atoms with Gasteiger partial charge in [-0.2, -0.15) is 0 Å². The molecule has 1 heterocycles. The summed E-state index contributed by atoms with van der Waals surface area (Å²) in [6, 6.07) is 15.9. The monoisotopic (exact) mass is 364 g/mol. The van der Waals surface area contributed by atoms with E-state index >= 15 is 0 Å². The van der Waals surface area contributed by atoms with Crippen LogP contribution in [0.3, 0.4) is 0 Å². The van der Waals surface area contributed by atoms with Crippen LogP contribution >= 0.6 is 0 Å². The molecule has 0 aliphatic heterocycles. The van der Waals surface area contributed by atoms with Gasteiger partial charge in [0.15, 0.2) is 11.5 Å². The Hall–Kier alpha value is -3.61. The molecule has 1 amide bonds. The number of rotatable bonds is 6. The minimum atomic E-state index is -0.400. The van der Waals surface area contributed by atoms with Gasteiger partial charge in [0.2, 0.25) is 0 Å². The molecular weight excluding hydrogens is 347 g/mol. The maximum absolute atomic E-state index is 12.9. The lowest BCUT2D eigenvalue weighted by Gasteiger charge is -2.07. The largest absolute Gasteiger partial charge is 0.365 e. The predicted octanol–water partition coefficient (Wildman–Crippen LogP) is 3.68. The van der Waals surface area contributed by atoms with Crippen LogP contribution in [0.15, 0.2) is 60.7 Å². The van der Waals surface area contributed by atoms with E-state index in [0.29, 0.717) is 23.6 Å². The van der Waals surface area contributed by atoms with Crippen molar-refractivity contribution in [1.82, 2.24) is 10.2 Å². The fourth-order valence-electron chi connectivity index (χ4n) is 2.33. The van der Waals surface area contributed by atoms with E-state index in [1.807, 2.05) is 0 Å². The Balaban J connectivity index is 1.58. The van der Waals surface area contributed by atoms with Crippen LogP contribution in [0.4, 0.5) is 15.9 Å². The molecule has 27 heavy (non-hydrogen) atoms. The highest BCUT2D eigenvalue weighted by atomic mass is 19.1. The topological polar surface area (TPSA) is 84.0 Å². The van der Waals surface area contributed by atoms with Gasteiger partial charge in [-0.3, -0.25) is 9.59 Å². The van der Waals surface area contributed by atoms with Gasteiger partial charge in [-0.05, 0) is 61.0 Å². The van der Waals surface area contributed by atoms with Gasteiger partial charge in [0.1, 0.15) is 11.6 Å². The number of hydrogen-bond acceptors (Lipinski definition) is 5. The van der Waals surface area contributed by atoms with Gasteiger partial charge in [0.05, 0.1) is 0 Å². The number of carbonyl (C=O) groups excluding carboxylic acids is 2. The van der Waals surface area contributed by atoms with Crippen molar-refractivity contribution in [3.8, 4) is 0 Å². The number of nitrogens with zero attached hydrogens (tertiary/aromatic N) is 2. The van der Waals surface area contributed by atoms with Crippen LogP contribution in [0.25, 0.3) is 0 Å². The van der Waals surface area contributed by atoms with Gasteiger partial charge in [0, 0.05) is 17.8 Å². The van der Waals surface area contributed by atoms with Crippen LogP contribution in [-0.4, -0.2) is 21.9 Å². The Morgan fingerprint density at radius 1 is 0.926 bits per heavy atom. The molecule has 136 valence electrons. The maximum Gasteiger partial charge on any atom is 0.276 e. The molecule has 2 aromatic carbocycles. The second-order valence-corrected chi connectivity index (χ2v) is 5.87. The lowest BCUT2D eigenvalue weighted by Crippen LogP contribution is -2.15. The summed E-state index contributed by atoms with van der Waals surface area (Å²) in [5.41, 5.74) is 2.20. The third-order valence-corrected chi connectivity index (χ3v) is 3.83. The molecule has 3 aromatic rings. The van der Waals surface area contributed by atoms with E-state index in [1.165, 1.54) is 19.1 Å². The summed E-state index contributed by atoms with van der Waals surface area (Å²) >= 11 is 0. The molecule has 2 N–H and O–H groups in total. The molecule has 3 rings (SSSR count). The molecule has 0 radical (unpaired) electrons. The predicted molar refractivity (Wildman–Crippen MR) is 100 cm³/mol. The van der Waals surface area contributed by atoms with Gasteiger partial charge < -0.3 is 10.6 Å². The summed E-state index contributed by atoms with van der Waals surface area (Å²) in [6.45, 7) is 1.94. The standard InChI is InChI=1S/C20H17FN4O2/c1-13(26)15-4-8-17(9-5-15)23-20(27)18-10-11-19(25-24-18)22-12-14-2-6-16(21)7-3-14/h2-11H,12H2,1H3,(H,22,25)(H,23,27). The van der Waals surface area contributed by atoms with Crippen LogP contribution in [-0.2, 0) is 6.54 Å². The number of halogens is 1. The van der Waals surface area contributed by atoms with E-state index < -0.39 is 5.91 Å². The highest BCUT2D eigenvalue weighted by Gasteiger charge is 2.09. The van der Waals surface area contributed by atoms with Crippen LogP contribution in [0.2, 0.25) is 0 Å². The van der Waals surface area contributed by atoms with Crippen LogP contribution in [0, 0.1) is 5.82 Å². The van der Waals surface area contributed by atoms with Crippen molar-refractivity contribution < 1.29 is 14.0 Å². The third-order valence-electron chi connectivity index (χ3n) is 3.83. The minimum Gasteiger partial charge on any atom is -0.365 e. The molecule has 0 unspecified atom stereocenters. The smallest absolute Gasteiger partial charge is 0.276 e. The summed E-state index contributed by atoms with van der Waals surface area (Å²) in [5, 5.41) is 13.6. The number of hydrogen-bond donors (Lipinski definition) is 2. The fraction of sp³-hybridized carbons (Fsp3) is 0.100. The van der Waals surface area contributed by atoms with Crippen molar-refractivity contribution in [2.75, 3.05) is 10.6 Å². The summed E-state index contributed by atoms with van der Waals surface area (Å²) in [5.74, 6) is -0.225. The first-order chi connectivity index (χ1) is 13.0. The quantitative estimate of drug-likeness (QED) is 0.652. The average molecular weight is 364 g/mol. The van der Waals surface area contributed by atoms with Crippen molar-refractivity contribution in [3.63, 3.8) is 0 Å². The molecule has 1 aromatic heterocycles. The number of anilines is 2. The number of amides is 1. The number of carbonyl (C=O) groups is 2. The molecule has 0 atom stereocenters. The summed E-state index contributed by atoms with van der Waals surface area (Å²) < 4.78 is 12.9. The van der Waals surface area contributed by atoms with Gasteiger partial charge in [0.25, 0.3) is 5.91 Å². The first kappa shape index (κ1) is 18.2. The zero-order valence-electron chi connectivity index (χ0n) is 14.6. The van der Waals surface area contributed by atoms with Gasteiger partial charge in [-0.15, -0.1) is 10.2 Å². The van der Waals surface area contributed by atoms with Crippen molar-refractivity contribution in [1.29, 1.82) is 0 Å². The number of ketones is 1. The average Bonchev–Trinajstić information content (AvgIpc) is 2.68. The van der Waals surface area contributed by atoms with E-state index in [0.717, 1.165) is 5.56 Å². The molecule has 6 nitrogen and oxygen atoms in total. The molecule has 0 aliphatic carbocycles. The number of benzene rings is 2. The molecule has 0 fully saturated rings. The second kappa shape index (κ2) is 8.18. The Morgan fingerprint density at radius 2 is 1.63 bits per heavy atom. The van der Waals surface area contributed by atoms with Gasteiger partial charge >= 0.3 is 0 Å². The molecule has 0 aliphatic rings. The molecule has 0 saturated carbocycles. The summed E-state index contributed by atoms with van der Waals surface area (Å²) in [6.07, 6.45) is 0. The number of aromatic nitrogens is 2. The van der Waals surface area contributed by atoms with E-state index in [4.69, 9.17) is 0 Å². The van der Waals surface area contributed by atoms with Crippen LogP contribution in [0.5, 0.6) is 0 Å². The highest BCUT2D eigenvalue weighted by Crippen LogP contribution is 2.12. The van der Waals surface area contributed by atoms with Crippen molar-refractivity contribution >= 4 is 23.2 Å². The molecular formula is C20H17FN4O2. The van der Waals surface area contributed by atoms with Crippen molar-refractivity contribution in [3.05, 3.63) is 83.3 Å². The highest BCUT2D eigenvalue weighted by molar-refractivity contribution is 6.03. The molecule has 0 bridgehead atoms. The Bertz CT molecular complexity index is 939. The minimum absolute atomic E-state index is 0.0394. The van der Waals surface area contributed by atoms with Gasteiger partial charge in [-0.25, -0.2) is 4.39 Å². The van der Waals surface area contributed by atoms with E-state index in [2.05, 4.69) is 20.8 Å². The van der Waals surface area contributed by atoms with Crippen molar-refractivity contribution in [2.45, 2.75) is 13.5 Å². The summed E-state index contributed by atoms with van der Waals surface area (Å²) in [4.78, 5) is 23.5. The number of nitrogens with one attached hydrogen (secondary N) is 2. The Morgan fingerprint density at radius 3 is 2.22 bits per heavy atom. The zero-order chi connectivity index (χ0) is 19.2. The number of Topliss-reactive ketones (excluding diaryl/α,β-unsaturated/α-hetero) is 1. The molecule has 0 saturated heterocycles. The van der Waals surface area contributed by atoms with Crippen molar-refractivity contribution in [2.24, 2.45) is 0 Å². The Labute approximate surface area is 155 Å². The molecule has 7 heteroatoms. The second-order valence-electron chi connectivity index (χ2n) is 5.87. The summed E-state index contributed by atoms with van der Waals surface area (Å²) in [7, 11) is 0. The zero-order valence-corrected chi connectivity index (χ0v) is 14.6. The molecule has 0 spiro atoms. The van der Waals surface area contributed by atoms with E-state index in [1.54, 1.807) is 48.5 Å². The lowest BCUT2D eigenvalue weighted by molar-refractivity contribution is 0.101. The lowest BCUT2D eigenvalue weighted by atomic mass is 10.1. The normalized spacial score (nSPS) is 10.3. The Kier molecular flexibility index (Phi) is 5.51. The van der Waals surface area contributed by atoms with Crippen LogP contribution < -0.4 is 10.6 Å². The van der Waals surface area contributed by atoms with Crippen LogP contribution in [0.1, 0.15) is 33.3 Å². The van der Waals surface area contributed by atoms with E-state index in [9.17, 15) is 14.0 Å². The first-order valence-corrected chi connectivity index (χ1v) is 8.25. The van der Waals surface area contributed by atoms with E-state index in [-0.39, 0.29) is 17.3 Å².